The van der Waals surface area contributed by atoms with Crippen molar-refractivity contribution in [3.63, 3.8) is 0 Å². The van der Waals surface area contributed by atoms with E-state index in [1.165, 1.54) is 38.3 Å². The summed E-state index contributed by atoms with van der Waals surface area (Å²) < 4.78 is 6.08. The first-order valence-electron chi connectivity index (χ1n) is 9.62. The summed E-state index contributed by atoms with van der Waals surface area (Å²) >= 11 is 0. The van der Waals surface area contributed by atoms with Gasteiger partial charge in [0, 0.05) is 64.0 Å². The maximum absolute atomic E-state index is 6.08. The van der Waals surface area contributed by atoms with Crippen LogP contribution in [0.2, 0.25) is 0 Å². The Labute approximate surface area is 153 Å². The highest BCUT2D eigenvalue weighted by Crippen LogP contribution is 2.22. The van der Waals surface area contributed by atoms with E-state index in [0.29, 0.717) is 6.04 Å². The molecule has 0 unspecified atom stereocenters. The van der Waals surface area contributed by atoms with Gasteiger partial charge in [0.2, 0.25) is 0 Å². The van der Waals surface area contributed by atoms with Gasteiger partial charge < -0.3 is 14.5 Å². The average molecular weight is 347 g/mol. The number of nitrogens with zero attached hydrogens (tertiary/aromatic N) is 4. The van der Waals surface area contributed by atoms with Crippen molar-refractivity contribution >= 4 is 0 Å². The van der Waals surface area contributed by atoms with Crippen LogP contribution < -0.4 is 4.74 Å². The Morgan fingerprint density at radius 2 is 1.88 bits per heavy atom. The second-order valence-electron chi connectivity index (χ2n) is 7.80. The van der Waals surface area contributed by atoms with Crippen LogP contribution >= 0.6 is 0 Å². The minimum atomic E-state index is 0.681. The molecule has 5 nitrogen and oxygen atoms in total. The monoisotopic (exact) mass is 346 g/mol. The van der Waals surface area contributed by atoms with E-state index in [1.54, 1.807) is 0 Å². The first kappa shape index (κ1) is 18.6. The smallest absolute Gasteiger partial charge is 0.123 e. The summed E-state index contributed by atoms with van der Waals surface area (Å²) in [6, 6.07) is 9.24. The predicted molar refractivity (Wildman–Crippen MR) is 103 cm³/mol. The third kappa shape index (κ3) is 5.42. The van der Waals surface area contributed by atoms with Crippen LogP contribution in [0.5, 0.6) is 5.75 Å². The number of likely N-dealkylation sites (N-methyl/N-ethyl adjacent to an activating group) is 1. The first-order chi connectivity index (χ1) is 12.1. The molecule has 0 saturated carbocycles. The van der Waals surface area contributed by atoms with Gasteiger partial charge in [-0.1, -0.05) is 18.2 Å². The van der Waals surface area contributed by atoms with E-state index in [1.807, 2.05) is 0 Å². The second kappa shape index (κ2) is 8.99. The quantitative estimate of drug-likeness (QED) is 0.695. The van der Waals surface area contributed by atoms with Crippen LogP contribution in [0, 0.1) is 0 Å². The Balaban J connectivity index is 1.54. The molecule has 1 atom stereocenters. The van der Waals surface area contributed by atoms with Crippen molar-refractivity contribution in [3.8, 4) is 5.75 Å². The lowest BCUT2D eigenvalue weighted by molar-refractivity contribution is 0.0172. The van der Waals surface area contributed by atoms with Crippen LogP contribution in [0.4, 0.5) is 0 Å². The number of hydrogen-bond acceptors (Lipinski definition) is 5. The van der Waals surface area contributed by atoms with E-state index < -0.39 is 0 Å². The molecule has 1 aromatic carbocycles. The van der Waals surface area contributed by atoms with E-state index >= 15 is 0 Å². The molecule has 0 amide bonds. The lowest BCUT2D eigenvalue weighted by atomic mass is 10.1. The Bertz CT molecular complexity index is 536. The molecule has 2 saturated heterocycles. The third-order valence-electron chi connectivity index (χ3n) is 5.35. The van der Waals surface area contributed by atoms with E-state index in [4.69, 9.17) is 4.74 Å². The van der Waals surface area contributed by atoms with Gasteiger partial charge in [-0.25, -0.2) is 0 Å². The highest BCUT2D eigenvalue weighted by molar-refractivity contribution is 5.33. The van der Waals surface area contributed by atoms with Crippen LogP contribution in [0.25, 0.3) is 0 Å². The van der Waals surface area contributed by atoms with Crippen LogP contribution in [-0.4, -0.2) is 99.2 Å². The van der Waals surface area contributed by atoms with Gasteiger partial charge in [0.05, 0.1) is 6.61 Å². The summed E-state index contributed by atoms with van der Waals surface area (Å²) in [5.41, 5.74) is 1.32. The van der Waals surface area contributed by atoms with Crippen molar-refractivity contribution in [1.29, 1.82) is 0 Å². The largest absolute Gasteiger partial charge is 0.493 e. The fourth-order valence-corrected chi connectivity index (χ4v) is 3.90. The van der Waals surface area contributed by atoms with E-state index in [2.05, 4.69) is 65.0 Å². The molecule has 1 aromatic rings. The molecule has 5 heteroatoms. The van der Waals surface area contributed by atoms with E-state index in [9.17, 15) is 0 Å². The number of rotatable bonds is 7. The van der Waals surface area contributed by atoms with Crippen molar-refractivity contribution in [2.45, 2.75) is 19.0 Å². The molecule has 2 heterocycles. The van der Waals surface area contributed by atoms with Crippen molar-refractivity contribution in [3.05, 3.63) is 29.8 Å². The van der Waals surface area contributed by atoms with Crippen molar-refractivity contribution in [2.24, 2.45) is 0 Å². The molecule has 140 valence electrons. The van der Waals surface area contributed by atoms with Gasteiger partial charge >= 0.3 is 0 Å². The van der Waals surface area contributed by atoms with Crippen molar-refractivity contribution in [1.82, 2.24) is 19.6 Å². The fraction of sp³-hybridized carbons (Fsp3) is 0.700. The maximum atomic E-state index is 6.08. The number of hydrogen-bond donors (Lipinski definition) is 0. The zero-order valence-electron chi connectivity index (χ0n) is 16.2. The summed E-state index contributed by atoms with van der Waals surface area (Å²) in [4.78, 5) is 9.94. The molecule has 0 spiro atoms. The highest BCUT2D eigenvalue weighted by atomic mass is 16.5. The molecular formula is C20H34N4O. The lowest BCUT2D eigenvalue weighted by Gasteiger charge is -2.46. The van der Waals surface area contributed by atoms with Gasteiger partial charge in [-0.05, 0) is 33.6 Å². The molecule has 2 aliphatic rings. The molecule has 0 bridgehead atoms. The zero-order chi connectivity index (χ0) is 17.6. The number of ether oxygens (including phenoxy) is 1. The SMILES string of the molecule is CN(C)CCCOc1ccccc1CN1CCN2CCN(C)C[C@@H]2C1. The molecule has 2 aliphatic heterocycles. The number of piperazine rings is 2. The van der Waals surface area contributed by atoms with Crippen LogP contribution in [-0.2, 0) is 6.54 Å². The molecule has 0 aliphatic carbocycles. The van der Waals surface area contributed by atoms with Gasteiger partial charge in [-0.2, -0.15) is 0 Å². The Morgan fingerprint density at radius 3 is 2.72 bits per heavy atom. The number of para-hydroxylation sites is 1. The molecule has 3 rings (SSSR count). The Kier molecular flexibility index (Phi) is 6.70. The van der Waals surface area contributed by atoms with Crippen LogP contribution in [0.3, 0.4) is 0 Å². The first-order valence-corrected chi connectivity index (χ1v) is 9.62. The third-order valence-corrected chi connectivity index (χ3v) is 5.35. The van der Waals surface area contributed by atoms with Gasteiger partial charge in [0.15, 0.2) is 0 Å². The minimum Gasteiger partial charge on any atom is -0.493 e. The number of benzene rings is 1. The standard InChI is InChI=1S/C20H34N4O/c1-21(2)9-6-14-25-20-8-5-4-7-18(20)15-23-11-13-24-12-10-22(3)16-19(24)17-23/h4-5,7-8,19H,6,9-17H2,1-3H3/t19-/m1/s1. The zero-order valence-corrected chi connectivity index (χ0v) is 16.2. The van der Waals surface area contributed by atoms with Crippen LogP contribution in [0.1, 0.15) is 12.0 Å². The normalized spacial score (nSPS) is 23.0. The van der Waals surface area contributed by atoms with Gasteiger partial charge in [0.25, 0.3) is 0 Å². The van der Waals surface area contributed by atoms with Crippen molar-refractivity contribution in [2.75, 3.05) is 73.6 Å². The molecule has 25 heavy (non-hydrogen) atoms. The van der Waals surface area contributed by atoms with Gasteiger partial charge in [-0.15, -0.1) is 0 Å². The molecule has 0 N–H and O–H groups in total. The van der Waals surface area contributed by atoms with Gasteiger partial charge in [-0.3, -0.25) is 9.80 Å². The van der Waals surface area contributed by atoms with Gasteiger partial charge in [0.1, 0.15) is 5.75 Å². The van der Waals surface area contributed by atoms with E-state index in [-0.39, 0.29) is 0 Å². The molecule has 2 fully saturated rings. The topological polar surface area (TPSA) is 22.2 Å². The van der Waals surface area contributed by atoms with Crippen molar-refractivity contribution < 1.29 is 4.74 Å². The molecular weight excluding hydrogens is 312 g/mol. The Hall–Kier alpha value is -1.14. The Morgan fingerprint density at radius 1 is 1.08 bits per heavy atom. The second-order valence-corrected chi connectivity index (χ2v) is 7.80. The summed E-state index contributed by atoms with van der Waals surface area (Å²) in [5, 5.41) is 0. The average Bonchev–Trinajstić information content (AvgIpc) is 2.59. The summed E-state index contributed by atoms with van der Waals surface area (Å²) in [6.07, 6.45) is 1.06. The van der Waals surface area contributed by atoms with Crippen LogP contribution in [0.15, 0.2) is 24.3 Å². The van der Waals surface area contributed by atoms with E-state index in [0.717, 1.165) is 38.4 Å². The number of fused-ring (bicyclic) bond motifs is 1. The lowest BCUT2D eigenvalue weighted by Crippen LogP contribution is -2.61. The maximum Gasteiger partial charge on any atom is 0.123 e. The predicted octanol–water partition coefficient (Wildman–Crippen LogP) is 1.45. The summed E-state index contributed by atoms with van der Waals surface area (Å²) in [5.74, 6) is 1.06. The fourth-order valence-electron chi connectivity index (χ4n) is 3.90. The summed E-state index contributed by atoms with van der Waals surface area (Å²) in [7, 11) is 6.46. The highest BCUT2D eigenvalue weighted by Gasteiger charge is 2.30. The molecule has 0 radical (unpaired) electrons. The molecule has 0 aromatic heterocycles. The summed E-state index contributed by atoms with van der Waals surface area (Å²) in [6.45, 7) is 10.0. The minimum absolute atomic E-state index is 0.681.